The highest BCUT2D eigenvalue weighted by atomic mass is 32.2. The first-order valence-electron chi connectivity index (χ1n) is 8.04. The molecular formula is C18H23N3O3S. The summed E-state index contributed by atoms with van der Waals surface area (Å²) in [5, 5.41) is 5.65. The summed E-state index contributed by atoms with van der Waals surface area (Å²) in [5.41, 5.74) is 0.910. The molecule has 0 spiro atoms. The van der Waals surface area contributed by atoms with Gasteiger partial charge in [0, 0.05) is 43.1 Å². The summed E-state index contributed by atoms with van der Waals surface area (Å²) in [7, 11) is 1.62. The molecule has 1 aromatic carbocycles. The van der Waals surface area contributed by atoms with Gasteiger partial charge >= 0.3 is 6.03 Å². The number of pyridine rings is 1. The van der Waals surface area contributed by atoms with Crippen molar-refractivity contribution in [3.05, 3.63) is 54.2 Å². The average Bonchev–Trinajstić information content (AvgIpc) is 2.66. The number of hydrogen-bond acceptors (Lipinski definition) is 5. The molecule has 1 heterocycles. The number of ether oxygens (including phenoxy) is 2. The third-order valence-corrected chi connectivity index (χ3v) is 4.20. The van der Waals surface area contributed by atoms with Gasteiger partial charge in [0.25, 0.3) is 0 Å². The van der Waals surface area contributed by atoms with E-state index >= 15 is 0 Å². The molecule has 0 saturated carbocycles. The van der Waals surface area contributed by atoms with Crippen LogP contribution in [-0.4, -0.2) is 43.6 Å². The van der Waals surface area contributed by atoms with E-state index < -0.39 is 0 Å². The zero-order valence-electron chi connectivity index (χ0n) is 14.2. The van der Waals surface area contributed by atoms with Crippen molar-refractivity contribution in [3.63, 3.8) is 0 Å². The third kappa shape index (κ3) is 7.91. The average molecular weight is 361 g/mol. The van der Waals surface area contributed by atoms with Gasteiger partial charge in [-0.2, -0.15) is 0 Å². The topological polar surface area (TPSA) is 72.5 Å². The molecule has 2 aromatic rings. The number of benzene rings is 1. The van der Waals surface area contributed by atoms with E-state index in [4.69, 9.17) is 9.47 Å². The minimum Gasteiger partial charge on any atom is -0.475 e. The van der Waals surface area contributed by atoms with Gasteiger partial charge in [-0.15, -0.1) is 11.8 Å². The van der Waals surface area contributed by atoms with Crippen molar-refractivity contribution < 1.29 is 14.3 Å². The number of hydrogen-bond donors (Lipinski definition) is 2. The van der Waals surface area contributed by atoms with Crippen LogP contribution in [0.2, 0.25) is 0 Å². The molecule has 0 radical (unpaired) electrons. The van der Waals surface area contributed by atoms with Crippen LogP contribution in [0.1, 0.15) is 5.56 Å². The Balaban J connectivity index is 1.59. The Bertz CT molecular complexity index is 623. The van der Waals surface area contributed by atoms with Crippen molar-refractivity contribution in [2.45, 2.75) is 11.4 Å². The van der Waals surface area contributed by atoms with Crippen molar-refractivity contribution in [2.24, 2.45) is 0 Å². The standard InChI is InChI=1S/C18H23N3O3S/c1-23-10-11-24-17-8-7-15(13-20-17)14-21-18(22)19-9-12-25-16-5-3-2-4-6-16/h2-8,13H,9-12,14H2,1H3,(H2,19,21,22). The van der Waals surface area contributed by atoms with Gasteiger partial charge in [0.1, 0.15) is 6.61 Å². The molecule has 0 aliphatic carbocycles. The van der Waals surface area contributed by atoms with E-state index in [0.717, 1.165) is 11.3 Å². The Labute approximate surface area is 152 Å². The van der Waals surface area contributed by atoms with Crippen LogP contribution in [0.3, 0.4) is 0 Å². The van der Waals surface area contributed by atoms with Crippen molar-refractivity contribution in [2.75, 3.05) is 32.6 Å². The lowest BCUT2D eigenvalue weighted by atomic mass is 10.3. The molecule has 7 heteroatoms. The molecule has 0 unspecified atom stereocenters. The largest absolute Gasteiger partial charge is 0.475 e. The maximum Gasteiger partial charge on any atom is 0.315 e. The third-order valence-electron chi connectivity index (χ3n) is 3.19. The molecule has 0 atom stereocenters. The number of carbonyl (C=O) groups is 1. The van der Waals surface area contributed by atoms with Gasteiger partial charge in [0.15, 0.2) is 0 Å². The lowest BCUT2D eigenvalue weighted by Gasteiger charge is -2.08. The van der Waals surface area contributed by atoms with Gasteiger partial charge in [-0.3, -0.25) is 0 Å². The monoisotopic (exact) mass is 361 g/mol. The van der Waals surface area contributed by atoms with Crippen LogP contribution < -0.4 is 15.4 Å². The zero-order valence-corrected chi connectivity index (χ0v) is 15.1. The molecule has 2 amide bonds. The maximum atomic E-state index is 11.8. The summed E-state index contributed by atoms with van der Waals surface area (Å²) >= 11 is 1.71. The lowest BCUT2D eigenvalue weighted by molar-refractivity contribution is 0.143. The number of methoxy groups -OCH3 is 1. The normalized spacial score (nSPS) is 10.3. The Kier molecular flexibility index (Phi) is 8.65. The molecule has 0 aliphatic rings. The molecule has 2 N–H and O–H groups in total. The molecule has 0 fully saturated rings. The second-order valence-corrected chi connectivity index (χ2v) is 6.29. The highest BCUT2D eigenvalue weighted by Crippen LogP contribution is 2.15. The van der Waals surface area contributed by atoms with Crippen LogP contribution in [0.4, 0.5) is 4.79 Å². The van der Waals surface area contributed by atoms with E-state index in [-0.39, 0.29) is 6.03 Å². The molecule has 0 bridgehead atoms. The summed E-state index contributed by atoms with van der Waals surface area (Å²) in [5.74, 6) is 1.37. The predicted octanol–water partition coefficient (Wildman–Crippen LogP) is 2.70. The smallest absolute Gasteiger partial charge is 0.315 e. The highest BCUT2D eigenvalue weighted by Gasteiger charge is 2.02. The molecule has 134 valence electrons. The Hall–Kier alpha value is -2.25. The molecule has 0 aliphatic heterocycles. The second-order valence-electron chi connectivity index (χ2n) is 5.12. The van der Waals surface area contributed by atoms with Crippen LogP contribution in [0.25, 0.3) is 0 Å². The van der Waals surface area contributed by atoms with Crippen molar-refractivity contribution in [1.29, 1.82) is 0 Å². The minimum atomic E-state index is -0.186. The summed E-state index contributed by atoms with van der Waals surface area (Å²) in [6.45, 7) is 2.01. The molecule has 2 rings (SSSR count). The fourth-order valence-electron chi connectivity index (χ4n) is 1.93. The Morgan fingerprint density at radius 2 is 1.96 bits per heavy atom. The van der Waals surface area contributed by atoms with Gasteiger partial charge in [0.2, 0.25) is 5.88 Å². The highest BCUT2D eigenvalue weighted by molar-refractivity contribution is 7.99. The van der Waals surface area contributed by atoms with Crippen molar-refractivity contribution in [1.82, 2.24) is 15.6 Å². The van der Waals surface area contributed by atoms with Gasteiger partial charge in [-0.25, -0.2) is 9.78 Å². The first kappa shape index (κ1) is 19.1. The van der Waals surface area contributed by atoms with E-state index in [1.807, 2.05) is 24.3 Å². The van der Waals surface area contributed by atoms with Crippen LogP contribution in [0.15, 0.2) is 53.6 Å². The maximum absolute atomic E-state index is 11.8. The fourth-order valence-corrected chi connectivity index (χ4v) is 2.71. The van der Waals surface area contributed by atoms with Crippen LogP contribution >= 0.6 is 11.8 Å². The molecule has 1 aromatic heterocycles. The zero-order chi connectivity index (χ0) is 17.7. The van der Waals surface area contributed by atoms with Crippen LogP contribution in [0.5, 0.6) is 5.88 Å². The second kappa shape index (κ2) is 11.3. The summed E-state index contributed by atoms with van der Waals surface area (Å²) in [4.78, 5) is 17.2. The van der Waals surface area contributed by atoms with E-state index in [0.29, 0.717) is 32.2 Å². The summed E-state index contributed by atoms with van der Waals surface area (Å²) < 4.78 is 10.3. The van der Waals surface area contributed by atoms with Crippen LogP contribution in [0, 0.1) is 0 Å². The first-order chi connectivity index (χ1) is 12.3. The Morgan fingerprint density at radius 3 is 2.68 bits per heavy atom. The molecule has 0 saturated heterocycles. The predicted molar refractivity (Wildman–Crippen MR) is 99.0 cm³/mol. The number of urea groups is 1. The van der Waals surface area contributed by atoms with Gasteiger partial charge < -0.3 is 20.1 Å². The fraction of sp³-hybridized carbons (Fsp3) is 0.333. The summed E-state index contributed by atoms with van der Waals surface area (Å²) in [6, 6.07) is 13.6. The van der Waals surface area contributed by atoms with E-state index in [2.05, 4.69) is 27.8 Å². The quantitative estimate of drug-likeness (QED) is 0.503. The SMILES string of the molecule is COCCOc1ccc(CNC(=O)NCCSc2ccccc2)cn1. The number of nitrogens with zero attached hydrogens (tertiary/aromatic N) is 1. The van der Waals surface area contributed by atoms with Crippen LogP contribution in [-0.2, 0) is 11.3 Å². The minimum absolute atomic E-state index is 0.186. The van der Waals surface area contributed by atoms with Gasteiger partial charge in [-0.05, 0) is 17.7 Å². The molecule has 6 nitrogen and oxygen atoms in total. The number of thioether (sulfide) groups is 1. The van der Waals surface area contributed by atoms with E-state index in [9.17, 15) is 4.79 Å². The summed E-state index contributed by atoms with van der Waals surface area (Å²) in [6.07, 6.45) is 1.69. The number of amides is 2. The lowest BCUT2D eigenvalue weighted by Crippen LogP contribution is -2.36. The first-order valence-corrected chi connectivity index (χ1v) is 9.02. The molecular weight excluding hydrogens is 338 g/mol. The number of aromatic nitrogens is 1. The number of nitrogens with one attached hydrogen (secondary N) is 2. The number of carbonyl (C=O) groups excluding carboxylic acids is 1. The number of rotatable bonds is 10. The van der Waals surface area contributed by atoms with Crippen molar-refractivity contribution >= 4 is 17.8 Å². The van der Waals surface area contributed by atoms with E-state index in [1.165, 1.54) is 4.90 Å². The molecule has 25 heavy (non-hydrogen) atoms. The Morgan fingerprint density at radius 1 is 1.12 bits per heavy atom. The van der Waals surface area contributed by atoms with Gasteiger partial charge in [-0.1, -0.05) is 24.3 Å². The van der Waals surface area contributed by atoms with E-state index in [1.54, 1.807) is 31.1 Å². The van der Waals surface area contributed by atoms with Crippen molar-refractivity contribution in [3.8, 4) is 5.88 Å². The van der Waals surface area contributed by atoms with Gasteiger partial charge in [0.05, 0.1) is 6.61 Å².